The lowest BCUT2D eigenvalue weighted by atomic mass is 10.2. The first kappa shape index (κ1) is 13.8. The van der Waals surface area contributed by atoms with E-state index in [-0.39, 0.29) is 11.7 Å². The predicted molar refractivity (Wildman–Crippen MR) is 73.6 cm³/mol. The normalized spacial score (nSPS) is 10.1. The lowest BCUT2D eigenvalue weighted by Gasteiger charge is -2.06. The van der Waals surface area contributed by atoms with E-state index in [9.17, 15) is 9.59 Å². The number of carbonyl (C=O) groups is 2. The van der Waals surface area contributed by atoms with Crippen molar-refractivity contribution in [2.75, 3.05) is 11.9 Å². The van der Waals surface area contributed by atoms with Gasteiger partial charge in [-0.25, -0.2) is 0 Å². The molecule has 6 heteroatoms. The molecule has 20 heavy (non-hydrogen) atoms. The van der Waals surface area contributed by atoms with Gasteiger partial charge in [-0.05, 0) is 32.0 Å². The van der Waals surface area contributed by atoms with Crippen molar-refractivity contribution in [2.45, 2.75) is 13.8 Å². The van der Waals surface area contributed by atoms with Crippen LogP contribution in [0.3, 0.4) is 0 Å². The van der Waals surface area contributed by atoms with Crippen molar-refractivity contribution in [3.63, 3.8) is 0 Å². The van der Waals surface area contributed by atoms with Gasteiger partial charge in [0.1, 0.15) is 0 Å². The third kappa shape index (κ3) is 3.23. The Labute approximate surface area is 116 Å². The smallest absolute Gasteiger partial charge is 0.294 e. The zero-order valence-corrected chi connectivity index (χ0v) is 11.3. The highest BCUT2D eigenvalue weighted by molar-refractivity contribution is 6.03. The fraction of sp³-hybridized carbons (Fsp3) is 0.214. The zero-order chi connectivity index (χ0) is 14.5. The predicted octanol–water partition coefficient (Wildman–Crippen LogP) is 1.99. The minimum Gasteiger partial charge on any atom is -0.352 e. The van der Waals surface area contributed by atoms with Crippen molar-refractivity contribution in [1.29, 1.82) is 0 Å². The summed E-state index contributed by atoms with van der Waals surface area (Å²) in [6.07, 6.45) is 0. The van der Waals surface area contributed by atoms with E-state index in [1.807, 2.05) is 6.92 Å². The summed E-state index contributed by atoms with van der Waals surface area (Å²) in [4.78, 5) is 23.6. The molecule has 0 unspecified atom stereocenters. The summed E-state index contributed by atoms with van der Waals surface area (Å²) in [6.45, 7) is 4.12. The highest BCUT2D eigenvalue weighted by Gasteiger charge is 2.12. The van der Waals surface area contributed by atoms with Crippen molar-refractivity contribution in [3.05, 3.63) is 47.3 Å². The largest absolute Gasteiger partial charge is 0.352 e. The molecule has 0 aliphatic rings. The highest BCUT2D eigenvalue weighted by atomic mass is 16.5. The number of hydrogen-bond donors (Lipinski definition) is 2. The first-order valence-corrected chi connectivity index (χ1v) is 6.23. The van der Waals surface area contributed by atoms with E-state index in [2.05, 4.69) is 15.8 Å². The van der Waals surface area contributed by atoms with E-state index in [0.717, 1.165) is 0 Å². The van der Waals surface area contributed by atoms with Gasteiger partial charge in [-0.1, -0.05) is 11.2 Å². The van der Waals surface area contributed by atoms with E-state index in [1.165, 1.54) is 0 Å². The van der Waals surface area contributed by atoms with Crippen LogP contribution in [-0.4, -0.2) is 23.5 Å². The lowest BCUT2D eigenvalue weighted by molar-refractivity contribution is 0.0953. The second-order valence-corrected chi connectivity index (χ2v) is 4.23. The lowest BCUT2D eigenvalue weighted by Crippen LogP contribution is -2.22. The monoisotopic (exact) mass is 273 g/mol. The maximum absolute atomic E-state index is 11.9. The van der Waals surface area contributed by atoms with E-state index in [4.69, 9.17) is 4.52 Å². The molecular formula is C14H15N3O3. The third-order valence-corrected chi connectivity index (χ3v) is 2.57. The second kappa shape index (κ2) is 6.01. The summed E-state index contributed by atoms with van der Waals surface area (Å²) < 4.78 is 4.87. The molecule has 0 saturated heterocycles. The van der Waals surface area contributed by atoms with Gasteiger partial charge < -0.3 is 15.2 Å². The summed E-state index contributed by atoms with van der Waals surface area (Å²) >= 11 is 0. The summed E-state index contributed by atoms with van der Waals surface area (Å²) in [5.41, 5.74) is 1.64. The molecule has 104 valence electrons. The molecule has 1 aromatic heterocycles. The Bertz CT molecular complexity index is 634. The quantitative estimate of drug-likeness (QED) is 0.892. The number of hydrogen-bond acceptors (Lipinski definition) is 4. The van der Waals surface area contributed by atoms with Crippen LogP contribution < -0.4 is 10.6 Å². The average Bonchev–Trinajstić information content (AvgIpc) is 2.86. The second-order valence-electron chi connectivity index (χ2n) is 4.23. The van der Waals surface area contributed by atoms with Crippen LogP contribution in [-0.2, 0) is 0 Å². The molecule has 0 aliphatic carbocycles. The van der Waals surface area contributed by atoms with Crippen LogP contribution in [0.1, 0.15) is 33.5 Å². The third-order valence-electron chi connectivity index (χ3n) is 2.57. The number of nitrogens with zero attached hydrogens (tertiary/aromatic N) is 1. The van der Waals surface area contributed by atoms with Crippen LogP contribution in [0, 0.1) is 6.92 Å². The summed E-state index contributed by atoms with van der Waals surface area (Å²) in [7, 11) is 0. The Hall–Kier alpha value is -2.63. The Morgan fingerprint density at radius 3 is 2.70 bits per heavy atom. The van der Waals surface area contributed by atoms with Crippen molar-refractivity contribution < 1.29 is 14.1 Å². The minimum absolute atomic E-state index is 0.130. The van der Waals surface area contributed by atoms with E-state index in [1.54, 1.807) is 37.3 Å². The van der Waals surface area contributed by atoms with Crippen LogP contribution in [0.15, 0.2) is 34.9 Å². The minimum atomic E-state index is -0.404. The van der Waals surface area contributed by atoms with Gasteiger partial charge in [0.15, 0.2) is 0 Å². The number of rotatable bonds is 4. The van der Waals surface area contributed by atoms with Gasteiger partial charge in [0.05, 0.1) is 5.69 Å². The molecule has 1 aromatic carbocycles. The van der Waals surface area contributed by atoms with Crippen LogP contribution in [0.4, 0.5) is 5.69 Å². The van der Waals surface area contributed by atoms with Gasteiger partial charge in [-0.3, -0.25) is 9.59 Å². The summed E-state index contributed by atoms with van der Waals surface area (Å²) in [5, 5.41) is 9.00. The van der Waals surface area contributed by atoms with Crippen LogP contribution in [0.2, 0.25) is 0 Å². The van der Waals surface area contributed by atoms with E-state index in [0.29, 0.717) is 23.5 Å². The van der Waals surface area contributed by atoms with E-state index >= 15 is 0 Å². The molecule has 0 radical (unpaired) electrons. The van der Waals surface area contributed by atoms with Crippen LogP contribution in [0.25, 0.3) is 0 Å². The van der Waals surface area contributed by atoms with Crippen LogP contribution >= 0.6 is 0 Å². The molecule has 2 N–H and O–H groups in total. The molecule has 2 amide bonds. The number of aryl methyl sites for hydroxylation is 1. The Kier molecular flexibility index (Phi) is 4.14. The summed E-state index contributed by atoms with van der Waals surface area (Å²) in [6, 6.07) is 8.23. The molecule has 2 rings (SSSR count). The van der Waals surface area contributed by atoms with Gasteiger partial charge in [0.25, 0.3) is 11.8 Å². The SMILES string of the molecule is CCNC(=O)c1cccc(NC(=O)c2cc(C)no2)c1. The number of anilines is 1. The molecule has 2 aromatic rings. The number of aromatic nitrogens is 1. The Balaban J connectivity index is 2.12. The molecule has 0 bridgehead atoms. The number of carbonyl (C=O) groups excluding carboxylic acids is 2. The maximum atomic E-state index is 11.9. The molecule has 0 saturated carbocycles. The zero-order valence-electron chi connectivity index (χ0n) is 11.3. The summed E-state index contributed by atoms with van der Waals surface area (Å²) in [5.74, 6) is -0.455. The molecule has 0 spiro atoms. The fourth-order valence-electron chi connectivity index (χ4n) is 1.66. The molecule has 0 fully saturated rings. The first-order valence-electron chi connectivity index (χ1n) is 6.23. The molecule has 0 atom stereocenters. The van der Waals surface area contributed by atoms with Crippen molar-refractivity contribution >= 4 is 17.5 Å². The molecular weight excluding hydrogens is 258 g/mol. The maximum Gasteiger partial charge on any atom is 0.294 e. The molecule has 1 heterocycles. The average molecular weight is 273 g/mol. The van der Waals surface area contributed by atoms with Gasteiger partial charge in [0, 0.05) is 23.9 Å². The van der Waals surface area contributed by atoms with Crippen molar-refractivity contribution in [3.8, 4) is 0 Å². The standard InChI is InChI=1S/C14H15N3O3/c1-3-15-13(18)10-5-4-6-11(8-10)16-14(19)12-7-9(2)17-20-12/h4-8H,3H2,1-2H3,(H,15,18)(H,16,19). The fourth-order valence-corrected chi connectivity index (χ4v) is 1.66. The van der Waals surface area contributed by atoms with E-state index < -0.39 is 5.91 Å². The first-order chi connectivity index (χ1) is 9.60. The Morgan fingerprint density at radius 2 is 2.05 bits per heavy atom. The number of benzene rings is 1. The molecule has 6 nitrogen and oxygen atoms in total. The number of amides is 2. The van der Waals surface area contributed by atoms with Crippen LogP contribution in [0.5, 0.6) is 0 Å². The van der Waals surface area contributed by atoms with Gasteiger partial charge in [-0.15, -0.1) is 0 Å². The van der Waals surface area contributed by atoms with Gasteiger partial charge in [-0.2, -0.15) is 0 Å². The van der Waals surface area contributed by atoms with Gasteiger partial charge in [0.2, 0.25) is 5.76 Å². The molecule has 0 aliphatic heterocycles. The van der Waals surface area contributed by atoms with Crippen molar-refractivity contribution in [1.82, 2.24) is 10.5 Å². The van der Waals surface area contributed by atoms with Gasteiger partial charge >= 0.3 is 0 Å². The Morgan fingerprint density at radius 1 is 1.25 bits per heavy atom. The van der Waals surface area contributed by atoms with Crippen molar-refractivity contribution in [2.24, 2.45) is 0 Å². The topological polar surface area (TPSA) is 84.2 Å². The highest BCUT2D eigenvalue weighted by Crippen LogP contribution is 2.13. The number of nitrogens with one attached hydrogen (secondary N) is 2.